The first kappa shape index (κ1) is 11.2. The summed E-state index contributed by atoms with van der Waals surface area (Å²) in [6, 6.07) is 0. The van der Waals surface area contributed by atoms with Crippen LogP contribution in [-0.2, 0) is 14.3 Å². The van der Waals surface area contributed by atoms with Crippen LogP contribution in [0.5, 0.6) is 0 Å². The molecule has 1 rings (SSSR count). The minimum absolute atomic E-state index is 0.246. The Labute approximate surface area is 85.1 Å². The van der Waals surface area contributed by atoms with E-state index >= 15 is 0 Å². The predicted molar refractivity (Wildman–Crippen MR) is 54.0 cm³/mol. The van der Waals surface area contributed by atoms with E-state index in [0.717, 1.165) is 12.8 Å². The Hall–Kier alpha value is -0.830. The molecule has 0 N–H and O–H groups in total. The van der Waals surface area contributed by atoms with Crippen LogP contribution >= 0.6 is 0 Å². The molecule has 0 radical (unpaired) electrons. The lowest BCUT2D eigenvalue weighted by molar-refractivity contribution is -0.136. The van der Waals surface area contributed by atoms with Gasteiger partial charge in [-0.15, -0.1) is 0 Å². The Balaban J connectivity index is 2.27. The molecule has 0 unspecified atom stereocenters. The highest BCUT2D eigenvalue weighted by Gasteiger charge is 2.17. The van der Waals surface area contributed by atoms with Crippen LogP contribution in [0.15, 0.2) is 11.6 Å². The highest BCUT2D eigenvalue weighted by molar-refractivity contribution is 5.88. The van der Waals surface area contributed by atoms with Crippen LogP contribution in [0.2, 0.25) is 0 Å². The van der Waals surface area contributed by atoms with Crippen LogP contribution in [-0.4, -0.2) is 25.8 Å². The molecule has 1 aliphatic rings. The standard InChI is InChI=1S/C11H18O3/c1-3-9(11(12)13-2)7-8-14-10-5-4-6-10/h7,10H,3-6,8H2,1-2H3. The van der Waals surface area contributed by atoms with Crippen LogP contribution in [0.1, 0.15) is 32.6 Å². The minimum atomic E-state index is -0.246. The maximum absolute atomic E-state index is 11.2. The first-order valence-electron chi connectivity index (χ1n) is 5.16. The fraction of sp³-hybridized carbons (Fsp3) is 0.727. The van der Waals surface area contributed by atoms with Gasteiger partial charge in [-0.1, -0.05) is 6.92 Å². The summed E-state index contributed by atoms with van der Waals surface area (Å²) in [6.07, 6.45) is 6.53. The van der Waals surface area contributed by atoms with Crippen molar-refractivity contribution in [2.24, 2.45) is 0 Å². The van der Waals surface area contributed by atoms with Gasteiger partial charge in [0.2, 0.25) is 0 Å². The fourth-order valence-electron chi connectivity index (χ4n) is 1.33. The summed E-state index contributed by atoms with van der Waals surface area (Å²) in [5, 5.41) is 0. The van der Waals surface area contributed by atoms with Gasteiger partial charge in [0.25, 0.3) is 0 Å². The molecule has 0 aromatic heterocycles. The highest BCUT2D eigenvalue weighted by Crippen LogP contribution is 2.21. The minimum Gasteiger partial charge on any atom is -0.466 e. The van der Waals surface area contributed by atoms with Crippen molar-refractivity contribution in [3.8, 4) is 0 Å². The third kappa shape index (κ3) is 3.14. The Morgan fingerprint density at radius 2 is 2.21 bits per heavy atom. The third-order valence-electron chi connectivity index (χ3n) is 2.54. The zero-order valence-corrected chi connectivity index (χ0v) is 8.91. The van der Waals surface area contributed by atoms with Crippen molar-refractivity contribution in [1.29, 1.82) is 0 Å². The van der Waals surface area contributed by atoms with Crippen molar-refractivity contribution in [2.75, 3.05) is 13.7 Å². The molecular formula is C11H18O3. The molecular weight excluding hydrogens is 180 g/mol. The second-order valence-corrected chi connectivity index (χ2v) is 3.46. The molecule has 0 spiro atoms. The SMILES string of the molecule is CCC(=CCOC1CCC1)C(=O)OC. The molecule has 0 amide bonds. The molecule has 14 heavy (non-hydrogen) atoms. The number of hydrogen-bond donors (Lipinski definition) is 0. The third-order valence-corrected chi connectivity index (χ3v) is 2.54. The van der Waals surface area contributed by atoms with Crippen LogP contribution in [0.4, 0.5) is 0 Å². The van der Waals surface area contributed by atoms with E-state index in [-0.39, 0.29) is 5.97 Å². The van der Waals surface area contributed by atoms with Gasteiger partial charge in [-0.25, -0.2) is 4.79 Å². The quantitative estimate of drug-likeness (QED) is 0.501. The zero-order valence-electron chi connectivity index (χ0n) is 8.91. The van der Waals surface area contributed by atoms with Crippen LogP contribution in [0.25, 0.3) is 0 Å². The Morgan fingerprint density at radius 1 is 1.50 bits per heavy atom. The van der Waals surface area contributed by atoms with E-state index in [9.17, 15) is 4.79 Å². The first-order chi connectivity index (χ1) is 6.77. The van der Waals surface area contributed by atoms with Gasteiger partial charge in [0, 0.05) is 5.57 Å². The van der Waals surface area contributed by atoms with Crippen molar-refractivity contribution in [2.45, 2.75) is 38.7 Å². The monoisotopic (exact) mass is 198 g/mol. The van der Waals surface area contributed by atoms with E-state index in [1.54, 1.807) is 0 Å². The average molecular weight is 198 g/mol. The molecule has 0 heterocycles. The van der Waals surface area contributed by atoms with Gasteiger partial charge < -0.3 is 9.47 Å². The lowest BCUT2D eigenvalue weighted by Gasteiger charge is -2.24. The summed E-state index contributed by atoms with van der Waals surface area (Å²) < 4.78 is 10.2. The average Bonchev–Trinajstić information content (AvgIpc) is 2.14. The summed E-state index contributed by atoms with van der Waals surface area (Å²) in [6.45, 7) is 2.47. The maximum atomic E-state index is 11.2. The van der Waals surface area contributed by atoms with Gasteiger partial charge in [0.15, 0.2) is 0 Å². The number of carbonyl (C=O) groups is 1. The van der Waals surface area contributed by atoms with E-state index in [0.29, 0.717) is 24.7 Å². The van der Waals surface area contributed by atoms with Gasteiger partial charge in [0.05, 0.1) is 19.8 Å². The molecule has 1 saturated carbocycles. The number of hydrogen-bond acceptors (Lipinski definition) is 3. The Bertz CT molecular complexity index is 217. The molecule has 80 valence electrons. The molecule has 0 aromatic carbocycles. The van der Waals surface area contributed by atoms with Crippen molar-refractivity contribution in [3.63, 3.8) is 0 Å². The van der Waals surface area contributed by atoms with E-state index in [1.165, 1.54) is 13.5 Å². The van der Waals surface area contributed by atoms with Crippen molar-refractivity contribution >= 4 is 5.97 Å². The zero-order chi connectivity index (χ0) is 10.4. The van der Waals surface area contributed by atoms with Gasteiger partial charge in [0.1, 0.15) is 0 Å². The van der Waals surface area contributed by atoms with Crippen LogP contribution < -0.4 is 0 Å². The van der Waals surface area contributed by atoms with Crippen molar-refractivity contribution in [1.82, 2.24) is 0 Å². The maximum Gasteiger partial charge on any atom is 0.333 e. The summed E-state index contributed by atoms with van der Waals surface area (Å²) in [7, 11) is 1.40. The van der Waals surface area contributed by atoms with Gasteiger partial charge in [-0.2, -0.15) is 0 Å². The lowest BCUT2D eigenvalue weighted by Crippen LogP contribution is -2.21. The number of esters is 1. The smallest absolute Gasteiger partial charge is 0.333 e. The van der Waals surface area contributed by atoms with E-state index in [4.69, 9.17) is 4.74 Å². The second-order valence-electron chi connectivity index (χ2n) is 3.46. The van der Waals surface area contributed by atoms with E-state index in [2.05, 4.69) is 4.74 Å². The molecule has 3 heteroatoms. The molecule has 1 aliphatic carbocycles. The van der Waals surface area contributed by atoms with Gasteiger partial charge >= 0.3 is 5.97 Å². The first-order valence-corrected chi connectivity index (χ1v) is 5.16. The Morgan fingerprint density at radius 3 is 2.64 bits per heavy atom. The summed E-state index contributed by atoms with van der Waals surface area (Å²) in [5.41, 5.74) is 0.701. The summed E-state index contributed by atoms with van der Waals surface area (Å²) in [4.78, 5) is 11.2. The molecule has 0 atom stereocenters. The summed E-state index contributed by atoms with van der Waals surface area (Å²) in [5.74, 6) is -0.246. The highest BCUT2D eigenvalue weighted by atomic mass is 16.5. The lowest BCUT2D eigenvalue weighted by atomic mass is 9.96. The number of methoxy groups -OCH3 is 1. The molecule has 0 aliphatic heterocycles. The van der Waals surface area contributed by atoms with Crippen molar-refractivity contribution < 1.29 is 14.3 Å². The van der Waals surface area contributed by atoms with E-state index in [1.807, 2.05) is 13.0 Å². The second kappa shape index (κ2) is 5.81. The van der Waals surface area contributed by atoms with E-state index < -0.39 is 0 Å². The van der Waals surface area contributed by atoms with Gasteiger partial charge in [-0.3, -0.25) is 0 Å². The van der Waals surface area contributed by atoms with Crippen molar-refractivity contribution in [3.05, 3.63) is 11.6 Å². The molecule has 3 nitrogen and oxygen atoms in total. The largest absolute Gasteiger partial charge is 0.466 e. The molecule has 0 bridgehead atoms. The number of ether oxygens (including phenoxy) is 2. The number of rotatable bonds is 5. The van der Waals surface area contributed by atoms with Gasteiger partial charge in [-0.05, 0) is 31.8 Å². The van der Waals surface area contributed by atoms with Crippen LogP contribution in [0, 0.1) is 0 Å². The predicted octanol–water partition coefficient (Wildman–Crippen LogP) is 2.06. The van der Waals surface area contributed by atoms with Crippen LogP contribution in [0.3, 0.4) is 0 Å². The fourth-order valence-corrected chi connectivity index (χ4v) is 1.33. The number of carbonyl (C=O) groups excluding carboxylic acids is 1. The topological polar surface area (TPSA) is 35.5 Å². The summed E-state index contributed by atoms with van der Waals surface area (Å²) >= 11 is 0. The molecule has 1 fully saturated rings. The molecule has 0 aromatic rings. The normalized spacial score (nSPS) is 17.7. The molecule has 0 saturated heterocycles. The Kier molecular flexibility index (Phi) is 4.66.